The molecule has 1 atom stereocenters. The highest BCUT2D eigenvalue weighted by molar-refractivity contribution is 7.13. The van der Waals surface area contributed by atoms with E-state index in [2.05, 4.69) is 10.3 Å². The average Bonchev–Trinajstić information content (AvgIpc) is 2.66. The maximum atomic E-state index is 12.1. The van der Waals surface area contributed by atoms with Crippen LogP contribution in [0.25, 0.3) is 0 Å². The summed E-state index contributed by atoms with van der Waals surface area (Å²) in [5, 5.41) is 3.56. The van der Waals surface area contributed by atoms with Crippen LogP contribution in [0.5, 0.6) is 0 Å². The van der Waals surface area contributed by atoms with Gasteiger partial charge in [-0.15, -0.1) is 11.3 Å². The third kappa shape index (κ3) is 4.31. The van der Waals surface area contributed by atoms with E-state index in [1.54, 1.807) is 6.92 Å². The summed E-state index contributed by atoms with van der Waals surface area (Å²) in [6, 6.07) is -0.612. The summed E-state index contributed by atoms with van der Waals surface area (Å²) in [6.07, 6.45) is 0.551. The van der Waals surface area contributed by atoms with Gasteiger partial charge in [0.05, 0.1) is 17.8 Å². The van der Waals surface area contributed by atoms with Crippen molar-refractivity contribution in [1.82, 2.24) is 10.3 Å². The van der Waals surface area contributed by atoms with Crippen molar-refractivity contribution < 1.29 is 14.3 Å². The van der Waals surface area contributed by atoms with Crippen LogP contribution < -0.4 is 5.32 Å². The molecular formula is C13H20N2O3S. The molecule has 1 heterocycles. The summed E-state index contributed by atoms with van der Waals surface area (Å²) >= 11 is 1.33. The summed E-state index contributed by atoms with van der Waals surface area (Å²) in [7, 11) is 1.32. The zero-order valence-electron chi connectivity index (χ0n) is 11.9. The number of carbonyl (C=O) groups is 2. The summed E-state index contributed by atoms with van der Waals surface area (Å²) in [5.74, 6) is -0.395. The molecule has 0 saturated carbocycles. The molecule has 6 heteroatoms. The molecule has 0 fully saturated rings. The molecule has 0 bridgehead atoms. The van der Waals surface area contributed by atoms with Gasteiger partial charge in [0.2, 0.25) is 0 Å². The second-order valence-electron chi connectivity index (χ2n) is 4.83. The molecular weight excluding hydrogens is 264 g/mol. The summed E-state index contributed by atoms with van der Waals surface area (Å²) in [6.45, 7) is 7.61. The Morgan fingerprint density at radius 2 is 2.00 bits per heavy atom. The van der Waals surface area contributed by atoms with E-state index in [1.165, 1.54) is 18.4 Å². The van der Waals surface area contributed by atoms with Crippen molar-refractivity contribution >= 4 is 23.2 Å². The topological polar surface area (TPSA) is 68.3 Å². The molecule has 1 rings (SSSR count). The Hall–Kier alpha value is -1.43. The molecule has 0 aliphatic carbocycles. The number of aryl methyl sites for hydroxylation is 2. The molecule has 106 valence electrons. The van der Waals surface area contributed by atoms with Gasteiger partial charge in [0.25, 0.3) is 5.91 Å². The van der Waals surface area contributed by atoms with Gasteiger partial charge in [-0.1, -0.05) is 13.8 Å². The van der Waals surface area contributed by atoms with Crippen LogP contribution in [-0.2, 0) is 9.53 Å². The van der Waals surface area contributed by atoms with Crippen LogP contribution in [0.4, 0.5) is 0 Å². The van der Waals surface area contributed by atoms with Gasteiger partial charge in [0.1, 0.15) is 10.9 Å². The van der Waals surface area contributed by atoms with Gasteiger partial charge in [-0.2, -0.15) is 0 Å². The smallest absolute Gasteiger partial charge is 0.328 e. The Morgan fingerprint density at radius 1 is 1.37 bits per heavy atom. The Labute approximate surface area is 117 Å². The third-order valence-corrected chi connectivity index (χ3v) is 3.68. The number of aromatic nitrogens is 1. The average molecular weight is 284 g/mol. The predicted octanol–water partition coefficient (Wildman–Crippen LogP) is 2.08. The molecule has 0 saturated heterocycles. The van der Waals surface area contributed by atoms with Crippen molar-refractivity contribution in [1.29, 1.82) is 0 Å². The lowest BCUT2D eigenvalue weighted by Gasteiger charge is -2.17. The maximum Gasteiger partial charge on any atom is 0.328 e. The second-order valence-corrected chi connectivity index (χ2v) is 6.03. The van der Waals surface area contributed by atoms with E-state index in [9.17, 15) is 9.59 Å². The quantitative estimate of drug-likeness (QED) is 0.841. The lowest BCUT2D eigenvalue weighted by Crippen LogP contribution is -2.42. The number of ether oxygens (including phenoxy) is 1. The molecule has 0 aliphatic heterocycles. The first-order chi connectivity index (χ1) is 8.85. The van der Waals surface area contributed by atoms with Crippen LogP contribution in [0.3, 0.4) is 0 Å². The SMILES string of the molecule is COC(=O)C(CC(C)C)NC(=O)c1sc(C)nc1C. The Morgan fingerprint density at radius 3 is 2.42 bits per heavy atom. The first-order valence-corrected chi connectivity index (χ1v) is 6.99. The number of hydrogen-bond donors (Lipinski definition) is 1. The molecule has 0 aromatic carbocycles. The molecule has 1 N–H and O–H groups in total. The number of amides is 1. The number of methoxy groups -OCH3 is 1. The number of carbonyl (C=O) groups excluding carboxylic acids is 2. The summed E-state index contributed by atoms with van der Waals surface area (Å²) in [5.41, 5.74) is 0.688. The van der Waals surface area contributed by atoms with Crippen molar-refractivity contribution in [3.63, 3.8) is 0 Å². The fraction of sp³-hybridized carbons (Fsp3) is 0.615. The fourth-order valence-electron chi connectivity index (χ4n) is 1.79. The number of thiazole rings is 1. The zero-order chi connectivity index (χ0) is 14.6. The fourth-order valence-corrected chi connectivity index (χ4v) is 2.62. The Kier molecular flexibility index (Phi) is 5.47. The Bertz CT molecular complexity index is 468. The largest absolute Gasteiger partial charge is 0.467 e. The van der Waals surface area contributed by atoms with Crippen LogP contribution in [0.1, 0.15) is 40.6 Å². The predicted molar refractivity (Wildman–Crippen MR) is 74.3 cm³/mol. The van der Waals surface area contributed by atoms with Gasteiger partial charge < -0.3 is 10.1 Å². The third-order valence-electron chi connectivity index (χ3n) is 2.61. The van der Waals surface area contributed by atoms with E-state index in [1.807, 2.05) is 20.8 Å². The lowest BCUT2D eigenvalue weighted by molar-refractivity contribution is -0.143. The molecule has 1 aromatic rings. The minimum Gasteiger partial charge on any atom is -0.467 e. The van der Waals surface area contributed by atoms with Crippen LogP contribution in [0, 0.1) is 19.8 Å². The Balaban J connectivity index is 2.81. The summed E-state index contributed by atoms with van der Waals surface area (Å²) < 4.78 is 4.72. The summed E-state index contributed by atoms with van der Waals surface area (Å²) in [4.78, 5) is 28.6. The number of esters is 1. The van der Waals surface area contributed by atoms with Crippen LogP contribution >= 0.6 is 11.3 Å². The molecule has 0 spiro atoms. The van der Waals surface area contributed by atoms with Crippen molar-refractivity contribution in [2.45, 2.75) is 40.2 Å². The number of nitrogens with zero attached hydrogens (tertiary/aromatic N) is 1. The minimum atomic E-state index is -0.612. The molecule has 1 aromatic heterocycles. The van der Waals surface area contributed by atoms with Gasteiger partial charge in [0.15, 0.2) is 0 Å². The highest BCUT2D eigenvalue weighted by Crippen LogP contribution is 2.17. The van der Waals surface area contributed by atoms with Crippen molar-refractivity contribution in [2.75, 3.05) is 7.11 Å². The molecule has 5 nitrogen and oxygen atoms in total. The standard InChI is InChI=1S/C13H20N2O3S/c1-7(2)6-10(13(17)18-5)15-12(16)11-8(3)14-9(4)19-11/h7,10H,6H2,1-5H3,(H,15,16). The first kappa shape index (κ1) is 15.6. The van der Waals surface area contributed by atoms with E-state index in [-0.39, 0.29) is 11.8 Å². The number of rotatable bonds is 5. The molecule has 0 aliphatic rings. The van der Waals surface area contributed by atoms with Crippen molar-refractivity contribution in [3.8, 4) is 0 Å². The van der Waals surface area contributed by atoms with Crippen LogP contribution in [0.15, 0.2) is 0 Å². The minimum absolute atomic E-state index is 0.265. The molecule has 1 unspecified atom stereocenters. The van der Waals surface area contributed by atoms with Gasteiger partial charge >= 0.3 is 5.97 Å². The molecule has 0 radical (unpaired) electrons. The first-order valence-electron chi connectivity index (χ1n) is 6.17. The normalized spacial score (nSPS) is 12.3. The van der Waals surface area contributed by atoms with Crippen LogP contribution in [0.2, 0.25) is 0 Å². The number of nitrogens with one attached hydrogen (secondary N) is 1. The van der Waals surface area contributed by atoms with Gasteiger partial charge in [-0.05, 0) is 26.2 Å². The monoisotopic (exact) mass is 284 g/mol. The molecule has 19 heavy (non-hydrogen) atoms. The van der Waals surface area contributed by atoms with Crippen molar-refractivity contribution in [2.24, 2.45) is 5.92 Å². The maximum absolute atomic E-state index is 12.1. The van der Waals surface area contributed by atoms with E-state index in [4.69, 9.17) is 4.74 Å². The van der Waals surface area contributed by atoms with Gasteiger partial charge in [0, 0.05) is 0 Å². The molecule has 1 amide bonds. The highest BCUT2D eigenvalue weighted by atomic mass is 32.1. The van der Waals surface area contributed by atoms with E-state index in [0.717, 1.165) is 5.01 Å². The lowest BCUT2D eigenvalue weighted by atomic mass is 10.0. The highest BCUT2D eigenvalue weighted by Gasteiger charge is 2.24. The van der Waals surface area contributed by atoms with Crippen LogP contribution in [-0.4, -0.2) is 30.0 Å². The van der Waals surface area contributed by atoms with E-state index >= 15 is 0 Å². The van der Waals surface area contributed by atoms with E-state index in [0.29, 0.717) is 17.0 Å². The van der Waals surface area contributed by atoms with Gasteiger partial charge in [-0.25, -0.2) is 9.78 Å². The van der Waals surface area contributed by atoms with Gasteiger partial charge in [-0.3, -0.25) is 4.79 Å². The number of hydrogen-bond acceptors (Lipinski definition) is 5. The zero-order valence-corrected chi connectivity index (χ0v) is 12.8. The van der Waals surface area contributed by atoms with E-state index < -0.39 is 12.0 Å². The van der Waals surface area contributed by atoms with Crippen molar-refractivity contribution in [3.05, 3.63) is 15.6 Å². The second kappa shape index (κ2) is 6.65.